The van der Waals surface area contributed by atoms with Crippen molar-refractivity contribution in [1.29, 1.82) is 0 Å². The van der Waals surface area contributed by atoms with Crippen LogP contribution in [0.25, 0.3) is 0 Å². The summed E-state index contributed by atoms with van der Waals surface area (Å²) in [4.78, 5) is 0. The second-order valence-electron chi connectivity index (χ2n) is 0.695. The summed E-state index contributed by atoms with van der Waals surface area (Å²) in [6.45, 7) is 1.48. The molecule has 0 unspecified atom stereocenters. The lowest BCUT2D eigenvalue weighted by molar-refractivity contribution is 0.147. The van der Waals surface area contributed by atoms with Crippen molar-refractivity contribution < 1.29 is 10.4 Å². The van der Waals surface area contributed by atoms with E-state index in [0.717, 1.165) is 0 Å². The third-order valence-corrected chi connectivity index (χ3v) is 0.285. The fourth-order valence-corrected chi connectivity index (χ4v) is 0.0913. The highest BCUT2D eigenvalue weighted by Crippen LogP contribution is 1.54. The molecule has 1 radical (unpaired) electrons. The Bertz CT molecular complexity index is 21.5. The van der Waals surface area contributed by atoms with E-state index in [-0.39, 0.29) is 6.54 Å². The zero-order valence-corrected chi connectivity index (χ0v) is 3.18. The molecule has 4 heteroatoms. The Morgan fingerprint density at radius 3 is 2.33 bits per heavy atom. The molecule has 0 saturated heterocycles. The molecule has 0 aliphatic rings. The number of hydrogen-bond acceptors (Lipinski definition) is 4. The van der Waals surface area contributed by atoms with Crippen molar-refractivity contribution in [2.75, 3.05) is 6.54 Å². The third-order valence-electron chi connectivity index (χ3n) is 0.285. The van der Waals surface area contributed by atoms with Crippen LogP contribution in [0.3, 0.4) is 0 Å². The van der Waals surface area contributed by atoms with Crippen LogP contribution < -0.4 is 11.0 Å². The molecule has 0 saturated carbocycles. The molecule has 0 aromatic carbocycles. The van der Waals surface area contributed by atoms with Gasteiger partial charge in [0.1, 0.15) is 0 Å². The van der Waals surface area contributed by atoms with E-state index < -0.39 is 0 Å². The highest BCUT2D eigenvalue weighted by atomic mass is 16.5. The molecule has 37 valence electrons. The number of rotatable bonds is 3. The van der Waals surface area contributed by atoms with Gasteiger partial charge >= 0.3 is 0 Å². The van der Waals surface area contributed by atoms with E-state index >= 15 is 0 Å². The van der Waals surface area contributed by atoms with Crippen molar-refractivity contribution in [2.45, 2.75) is 0 Å². The van der Waals surface area contributed by atoms with Crippen LogP contribution in [0.15, 0.2) is 0 Å². The second-order valence-corrected chi connectivity index (χ2v) is 0.695. The maximum Gasteiger partial charge on any atom is 0.0656 e. The van der Waals surface area contributed by atoms with Crippen LogP contribution in [0.1, 0.15) is 0 Å². The smallest absolute Gasteiger partial charge is 0.0656 e. The molecule has 0 amide bonds. The van der Waals surface area contributed by atoms with Gasteiger partial charge in [-0.2, -0.15) is 5.48 Å². The van der Waals surface area contributed by atoms with Crippen LogP contribution in [0.5, 0.6) is 0 Å². The molecule has 0 fully saturated rings. The van der Waals surface area contributed by atoms with Gasteiger partial charge in [0.05, 0.1) is 6.54 Å². The zero-order valence-electron chi connectivity index (χ0n) is 3.18. The first kappa shape index (κ1) is 5.84. The minimum Gasteiger partial charge on any atom is -0.317 e. The van der Waals surface area contributed by atoms with Gasteiger partial charge in [0, 0.05) is 6.54 Å². The predicted octanol–water partition coefficient (Wildman–Crippen LogP) is -0.894. The largest absolute Gasteiger partial charge is 0.317 e. The van der Waals surface area contributed by atoms with Crippen LogP contribution in [-0.4, -0.2) is 17.0 Å². The quantitative estimate of drug-likeness (QED) is 0.268. The number of hydrogen-bond donors (Lipinski definition) is 4. The van der Waals surface area contributed by atoms with E-state index in [1.807, 2.05) is 0 Å². The van der Waals surface area contributed by atoms with Gasteiger partial charge in [-0.25, -0.2) is 5.48 Å². The van der Waals surface area contributed by atoms with Crippen LogP contribution >= 0.6 is 0 Å². The zero-order chi connectivity index (χ0) is 4.83. The van der Waals surface area contributed by atoms with Crippen LogP contribution in [-0.2, 0) is 0 Å². The molecule has 0 spiro atoms. The van der Waals surface area contributed by atoms with E-state index in [9.17, 15) is 0 Å². The first-order valence-corrected chi connectivity index (χ1v) is 1.50. The molecule has 0 aromatic heterocycles. The van der Waals surface area contributed by atoms with E-state index in [0.29, 0.717) is 0 Å². The van der Waals surface area contributed by atoms with Crippen LogP contribution in [0.4, 0.5) is 0 Å². The Hall–Kier alpha value is -0.160. The Balaban J connectivity index is 2.34. The van der Waals surface area contributed by atoms with Gasteiger partial charge in [0.15, 0.2) is 0 Å². The molecular weight excluding hydrogens is 84.0 g/mol. The average Bonchev–Trinajstić information content (AvgIpc) is 1.61. The van der Waals surface area contributed by atoms with Crippen molar-refractivity contribution in [2.24, 2.45) is 0 Å². The Morgan fingerprint density at radius 1 is 1.50 bits per heavy atom. The summed E-state index contributed by atoms with van der Waals surface area (Å²) in [7, 11) is 0. The maximum absolute atomic E-state index is 7.76. The average molecular weight is 91.1 g/mol. The minimum absolute atomic E-state index is 0.233. The van der Waals surface area contributed by atoms with Crippen molar-refractivity contribution in [3.63, 3.8) is 0 Å². The summed E-state index contributed by atoms with van der Waals surface area (Å²) in [6.07, 6.45) is 0. The Morgan fingerprint density at radius 2 is 2.17 bits per heavy atom. The SMILES string of the molecule is ON[CH]CNO. The van der Waals surface area contributed by atoms with Gasteiger partial charge in [-0.1, -0.05) is 0 Å². The van der Waals surface area contributed by atoms with Gasteiger partial charge in [-0.3, -0.25) is 0 Å². The highest BCUT2D eigenvalue weighted by molar-refractivity contribution is 4.51. The molecule has 0 bridgehead atoms. The van der Waals surface area contributed by atoms with Crippen molar-refractivity contribution >= 4 is 0 Å². The molecule has 4 nitrogen and oxygen atoms in total. The summed E-state index contributed by atoms with van der Waals surface area (Å²) in [5, 5.41) is 15.5. The van der Waals surface area contributed by atoms with Gasteiger partial charge in [-0.05, 0) is 0 Å². The summed E-state index contributed by atoms with van der Waals surface area (Å²) in [5.41, 5.74) is 3.51. The molecule has 6 heavy (non-hydrogen) atoms. The topological polar surface area (TPSA) is 64.5 Å². The molecule has 0 rings (SSSR count). The van der Waals surface area contributed by atoms with Crippen molar-refractivity contribution in [1.82, 2.24) is 11.0 Å². The third kappa shape index (κ3) is 3.84. The molecule has 0 aromatic rings. The summed E-state index contributed by atoms with van der Waals surface area (Å²) in [5.74, 6) is 0. The molecule has 0 atom stereocenters. The summed E-state index contributed by atoms with van der Waals surface area (Å²) < 4.78 is 0. The maximum atomic E-state index is 7.76. The van der Waals surface area contributed by atoms with Crippen molar-refractivity contribution in [3.8, 4) is 0 Å². The first-order valence-electron chi connectivity index (χ1n) is 1.50. The number of nitrogens with one attached hydrogen (secondary N) is 2. The van der Waals surface area contributed by atoms with E-state index in [1.165, 1.54) is 6.54 Å². The van der Waals surface area contributed by atoms with Crippen LogP contribution in [0, 0.1) is 6.54 Å². The standard InChI is InChI=1S/C2H7N2O2/c5-3-1-2-4-6/h1,3-6H,2H2. The molecular formula is C2H7N2O2. The molecule has 0 aliphatic heterocycles. The second kappa shape index (κ2) is 4.84. The Kier molecular flexibility index (Phi) is 4.71. The molecule has 4 N–H and O–H groups in total. The van der Waals surface area contributed by atoms with E-state index in [1.54, 1.807) is 11.0 Å². The molecule has 0 aliphatic carbocycles. The lowest BCUT2D eigenvalue weighted by Crippen LogP contribution is -2.16. The van der Waals surface area contributed by atoms with E-state index in [2.05, 4.69) is 0 Å². The lowest BCUT2D eigenvalue weighted by Gasteiger charge is -1.89. The van der Waals surface area contributed by atoms with Crippen molar-refractivity contribution in [3.05, 3.63) is 6.54 Å². The fraction of sp³-hybridized carbons (Fsp3) is 0.500. The summed E-state index contributed by atoms with van der Waals surface area (Å²) >= 11 is 0. The van der Waals surface area contributed by atoms with E-state index in [4.69, 9.17) is 10.4 Å². The van der Waals surface area contributed by atoms with Gasteiger partial charge in [-0.15, -0.1) is 0 Å². The Labute approximate surface area is 35.7 Å². The van der Waals surface area contributed by atoms with Gasteiger partial charge in [0.2, 0.25) is 0 Å². The summed E-state index contributed by atoms with van der Waals surface area (Å²) in [6, 6.07) is 0. The fourth-order valence-electron chi connectivity index (χ4n) is 0.0913. The first-order chi connectivity index (χ1) is 2.91. The monoisotopic (exact) mass is 91.1 g/mol. The van der Waals surface area contributed by atoms with Gasteiger partial charge in [0.25, 0.3) is 0 Å². The van der Waals surface area contributed by atoms with Crippen LogP contribution in [0.2, 0.25) is 0 Å². The molecule has 0 heterocycles. The lowest BCUT2D eigenvalue weighted by atomic mass is 10.7. The minimum atomic E-state index is 0.233. The highest BCUT2D eigenvalue weighted by Gasteiger charge is 1.74. The number of hydroxylamine groups is 2. The predicted molar refractivity (Wildman–Crippen MR) is 19.0 cm³/mol. The van der Waals surface area contributed by atoms with Gasteiger partial charge < -0.3 is 10.4 Å². The normalized spacial score (nSPS) is 9.00.